The molecule has 22 heteroatoms. The van der Waals surface area contributed by atoms with Gasteiger partial charge < -0.3 is 101 Å². The maximum absolute atomic E-state index is 13.5. The Morgan fingerprint density at radius 3 is 1.24 bits per heavy atom. The Labute approximate surface area is 380 Å². The van der Waals surface area contributed by atoms with Crippen LogP contribution in [0.4, 0.5) is 0 Å². The molecule has 2 aliphatic rings. The first-order valence-corrected chi connectivity index (χ1v) is 19.9. The van der Waals surface area contributed by atoms with Crippen molar-refractivity contribution < 1.29 is 110 Å². The van der Waals surface area contributed by atoms with Crippen molar-refractivity contribution in [1.82, 2.24) is 0 Å². The molecule has 0 aliphatic carbocycles. The Morgan fingerprint density at radius 2 is 0.809 bits per heavy atom. The minimum absolute atomic E-state index is 0.0972. The molecule has 0 fully saturated rings. The minimum atomic E-state index is -1.59. The highest BCUT2D eigenvalue weighted by atomic mass is 16.6. The van der Waals surface area contributed by atoms with Crippen LogP contribution in [0.3, 0.4) is 0 Å². The van der Waals surface area contributed by atoms with Crippen LogP contribution in [-0.2, 0) is 22.3 Å². The molecule has 6 aromatic rings. The van der Waals surface area contributed by atoms with Gasteiger partial charge in [-0.3, -0.25) is 0 Å². The van der Waals surface area contributed by atoms with Crippen molar-refractivity contribution in [2.24, 2.45) is 0 Å². The average Bonchev–Trinajstić information content (AvgIpc) is 3.27. The molecule has 354 valence electrons. The van der Waals surface area contributed by atoms with Crippen LogP contribution in [0.25, 0.3) is 0 Å². The molecular formula is C46H38O22. The molecule has 0 saturated carbocycles. The van der Waals surface area contributed by atoms with E-state index in [0.29, 0.717) is 0 Å². The van der Waals surface area contributed by atoms with Gasteiger partial charge in [0.1, 0.15) is 46.7 Å². The summed E-state index contributed by atoms with van der Waals surface area (Å²) in [4.78, 5) is 27.0. The topological polar surface area (TPSA) is 395 Å². The van der Waals surface area contributed by atoms with Crippen LogP contribution >= 0.6 is 0 Å². The molecule has 2 heterocycles. The number of carbonyl (C=O) groups excluding carboxylic acids is 2. The van der Waals surface area contributed by atoms with Crippen molar-refractivity contribution in [1.29, 1.82) is 0 Å². The summed E-state index contributed by atoms with van der Waals surface area (Å²) < 4.78 is 23.9. The zero-order valence-corrected chi connectivity index (χ0v) is 34.7. The summed E-state index contributed by atoms with van der Waals surface area (Å²) in [6.45, 7) is 1.38. The Kier molecular flexibility index (Phi) is 11.0. The number of benzene rings is 6. The Morgan fingerprint density at radius 1 is 0.441 bits per heavy atom. The van der Waals surface area contributed by atoms with Crippen LogP contribution in [0.2, 0.25) is 0 Å². The number of phenols is 16. The summed E-state index contributed by atoms with van der Waals surface area (Å²) in [5.41, 5.74) is -2.01. The van der Waals surface area contributed by atoms with E-state index in [1.807, 2.05) is 0 Å². The molecular weight excluding hydrogens is 904 g/mol. The monoisotopic (exact) mass is 942 g/mol. The van der Waals surface area contributed by atoms with Crippen molar-refractivity contribution >= 4 is 11.9 Å². The summed E-state index contributed by atoms with van der Waals surface area (Å²) in [5, 5.41) is 168. The van der Waals surface area contributed by atoms with Crippen LogP contribution in [0.15, 0.2) is 60.7 Å². The van der Waals surface area contributed by atoms with E-state index in [1.54, 1.807) is 0 Å². The minimum Gasteiger partial charge on any atom is -0.507 e. The third-order valence-electron chi connectivity index (χ3n) is 11.6. The smallest absolute Gasteiger partial charge is 0.338 e. The van der Waals surface area contributed by atoms with Crippen molar-refractivity contribution in [3.05, 3.63) is 105 Å². The van der Waals surface area contributed by atoms with Gasteiger partial charge in [0.25, 0.3) is 0 Å². The number of hydrogen-bond acceptors (Lipinski definition) is 22. The molecule has 6 aromatic carbocycles. The lowest BCUT2D eigenvalue weighted by atomic mass is 9.83. The lowest BCUT2D eigenvalue weighted by molar-refractivity contribution is -0.0194. The SMILES string of the molecule is C[C@H](c1c(O)cc2c(c1O)C[C@@H](OC(=O)c1cc(O)c(O)c(O)c1)[C@@H](c1cc(O)c(O)c(O)c1)O2)c1c(O)cc(O)c2c1O[C@H](c1cc(O)c(O)c(O)c1)[C@H](OC(=O)c1cc(O)c(O)c(O)c1)C2. The van der Waals surface area contributed by atoms with Crippen LogP contribution in [0.5, 0.6) is 103 Å². The van der Waals surface area contributed by atoms with E-state index in [9.17, 15) is 91.3 Å². The van der Waals surface area contributed by atoms with E-state index in [1.165, 1.54) is 6.92 Å². The van der Waals surface area contributed by atoms with Gasteiger partial charge in [-0.25, -0.2) is 9.59 Å². The van der Waals surface area contributed by atoms with Gasteiger partial charge >= 0.3 is 11.9 Å². The molecule has 0 amide bonds. The molecule has 0 radical (unpaired) electrons. The standard InChI is InChI=1S/C46H38O22/c1-14(35-23(49)13-32-20(37(35)58)11-34(42(65-32)15-2-24(50)38(59)25(51)3-15)67-46(64)18-8-30(56)41(62)31(57)9-18)36-22(48)12-21(47)19-10-33(66-45(63)17-6-28(54)40(61)29(55)7-17)43(68-44(19)36)16-4-26(52)39(60)27(53)5-16/h2-9,12-14,33-34,42-43,47-62H,10-11H2,1H3/t14-,33-,34-,42-,43-/m1/s1. The number of carbonyl (C=O) groups is 2. The second-order valence-electron chi connectivity index (χ2n) is 15.9. The van der Waals surface area contributed by atoms with Crippen molar-refractivity contribution in [2.45, 2.75) is 50.1 Å². The summed E-state index contributed by atoms with van der Waals surface area (Å²) in [6, 6.07) is 8.89. The van der Waals surface area contributed by atoms with Gasteiger partial charge in [0, 0.05) is 64.3 Å². The molecule has 22 nitrogen and oxygen atoms in total. The summed E-state index contributed by atoms with van der Waals surface area (Å²) in [7, 11) is 0. The summed E-state index contributed by atoms with van der Waals surface area (Å²) in [5.74, 6) is -17.6. The second kappa shape index (κ2) is 16.6. The number of phenolic OH excluding ortho intramolecular Hbond substituents is 16. The highest BCUT2D eigenvalue weighted by Crippen LogP contribution is 2.56. The van der Waals surface area contributed by atoms with E-state index >= 15 is 0 Å². The lowest BCUT2D eigenvalue weighted by Crippen LogP contribution is -2.35. The molecule has 2 aliphatic heterocycles. The number of fused-ring (bicyclic) bond motifs is 2. The summed E-state index contributed by atoms with van der Waals surface area (Å²) in [6.07, 6.45) is -7.06. The molecule has 16 N–H and O–H groups in total. The molecule has 0 spiro atoms. The van der Waals surface area contributed by atoms with Gasteiger partial charge in [0.15, 0.2) is 81.2 Å². The van der Waals surface area contributed by atoms with Crippen LogP contribution in [0, 0.1) is 0 Å². The molecule has 0 bridgehead atoms. The highest BCUT2D eigenvalue weighted by molar-refractivity contribution is 5.92. The molecule has 8 rings (SSSR count). The predicted molar refractivity (Wildman–Crippen MR) is 225 cm³/mol. The number of ether oxygens (including phenoxy) is 4. The zero-order chi connectivity index (χ0) is 49.4. The summed E-state index contributed by atoms with van der Waals surface area (Å²) >= 11 is 0. The molecule has 0 aromatic heterocycles. The fourth-order valence-electron chi connectivity index (χ4n) is 8.24. The van der Waals surface area contributed by atoms with Gasteiger partial charge in [-0.15, -0.1) is 0 Å². The number of esters is 2. The third kappa shape index (κ3) is 7.73. The van der Waals surface area contributed by atoms with Gasteiger partial charge in [-0.1, -0.05) is 6.92 Å². The number of hydrogen-bond donors (Lipinski definition) is 16. The highest BCUT2D eigenvalue weighted by Gasteiger charge is 2.43. The predicted octanol–water partition coefficient (Wildman–Crippen LogP) is 4.93. The molecule has 68 heavy (non-hydrogen) atoms. The van der Waals surface area contributed by atoms with Crippen LogP contribution in [0.1, 0.15) is 79.1 Å². The second-order valence-corrected chi connectivity index (χ2v) is 15.9. The largest absolute Gasteiger partial charge is 0.507 e. The molecule has 5 atom stereocenters. The molecule has 0 saturated heterocycles. The lowest BCUT2D eigenvalue weighted by Gasteiger charge is -2.37. The normalized spacial score (nSPS) is 17.7. The zero-order valence-electron chi connectivity index (χ0n) is 34.7. The van der Waals surface area contributed by atoms with E-state index in [2.05, 4.69) is 0 Å². The van der Waals surface area contributed by atoms with E-state index < -0.39 is 158 Å². The first kappa shape index (κ1) is 45.2. The van der Waals surface area contributed by atoms with E-state index in [4.69, 9.17) is 18.9 Å². The van der Waals surface area contributed by atoms with Gasteiger partial charge in [0.2, 0.25) is 0 Å². The third-order valence-corrected chi connectivity index (χ3v) is 11.6. The van der Waals surface area contributed by atoms with Gasteiger partial charge in [-0.2, -0.15) is 0 Å². The molecule has 0 unspecified atom stereocenters. The maximum atomic E-state index is 13.5. The van der Waals surface area contributed by atoms with Crippen LogP contribution < -0.4 is 9.47 Å². The quantitative estimate of drug-likeness (QED) is 0.0710. The Bertz CT molecular complexity index is 3000. The maximum Gasteiger partial charge on any atom is 0.338 e. The fraction of sp³-hybridized carbons (Fsp3) is 0.174. The van der Waals surface area contributed by atoms with Crippen molar-refractivity contribution in [3.63, 3.8) is 0 Å². The van der Waals surface area contributed by atoms with Crippen molar-refractivity contribution in [2.75, 3.05) is 0 Å². The Balaban J connectivity index is 1.21. The van der Waals surface area contributed by atoms with Gasteiger partial charge in [0.05, 0.1) is 11.1 Å². The number of aromatic hydroxyl groups is 16. The van der Waals surface area contributed by atoms with E-state index in [-0.39, 0.29) is 44.9 Å². The Hall–Kier alpha value is -9.34. The van der Waals surface area contributed by atoms with Crippen LogP contribution in [-0.4, -0.2) is 106 Å². The van der Waals surface area contributed by atoms with E-state index in [0.717, 1.165) is 60.7 Å². The first-order valence-electron chi connectivity index (χ1n) is 19.9. The first-order chi connectivity index (χ1) is 32.0. The number of rotatable bonds is 8. The fourth-order valence-corrected chi connectivity index (χ4v) is 8.24. The van der Waals surface area contributed by atoms with Crippen molar-refractivity contribution in [3.8, 4) is 103 Å². The van der Waals surface area contributed by atoms with Gasteiger partial charge in [-0.05, 0) is 48.5 Å². The average molecular weight is 943 g/mol.